The van der Waals surface area contributed by atoms with Gasteiger partial charge in [0.25, 0.3) is 0 Å². The van der Waals surface area contributed by atoms with Crippen molar-refractivity contribution in [3.63, 3.8) is 0 Å². The van der Waals surface area contributed by atoms with E-state index in [2.05, 4.69) is 15.3 Å². The van der Waals surface area contributed by atoms with E-state index < -0.39 is 12.0 Å². The van der Waals surface area contributed by atoms with Gasteiger partial charge in [0.2, 0.25) is 11.7 Å². The second kappa shape index (κ2) is 6.41. The summed E-state index contributed by atoms with van der Waals surface area (Å²) in [6, 6.07) is 6.82. The number of halogens is 3. The van der Waals surface area contributed by atoms with Crippen LogP contribution in [-0.4, -0.2) is 35.0 Å². The van der Waals surface area contributed by atoms with E-state index in [1.54, 1.807) is 24.3 Å². The molecule has 0 atom stereocenters. The molecule has 0 spiro atoms. The Balaban J connectivity index is 1.55. The maximum Gasteiger partial charge on any atom is 0.451 e. The van der Waals surface area contributed by atoms with Crippen LogP contribution in [0.1, 0.15) is 31.5 Å². The lowest BCUT2D eigenvalue weighted by Gasteiger charge is -2.34. The monoisotopic (exact) mass is 364 g/mol. The normalized spacial score (nSPS) is 19.0. The highest BCUT2D eigenvalue weighted by Crippen LogP contribution is 2.33. The predicted molar refractivity (Wildman–Crippen MR) is 90.6 cm³/mol. The molecule has 138 valence electrons. The molecule has 2 aromatic rings. The van der Waals surface area contributed by atoms with Crippen LogP contribution in [0.3, 0.4) is 0 Å². The molecule has 1 amide bonds. The van der Waals surface area contributed by atoms with Gasteiger partial charge in [-0.3, -0.25) is 4.79 Å². The van der Waals surface area contributed by atoms with Gasteiger partial charge in [-0.25, -0.2) is 9.97 Å². The van der Waals surface area contributed by atoms with E-state index in [9.17, 15) is 18.0 Å². The van der Waals surface area contributed by atoms with Gasteiger partial charge in [0, 0.05) is 30.4 Å². The molecule has 0 bridgehead atoms. The summed E-state index contributed by atoms with van der Waals surface area (Å²) in [5.74, 6) is -0.534. The first-order chi connectivity index (χ1) is 12.4. The summed E-state index contributed by atoms with van der Waals surface area (Å²) in [6.45, 7) is 1.10. The maximum atomic E-state index is 13.2. The molecule has 26 heavy (non-hydrogen) atoms. The van der Waals surface area contributed by atoms with Gasteiger partial charge in [-0.05, 0) is 37.8 Å². The average Bonchev–Trinajstić information content (AvgIpc) is 3.46. The molecule has 4 rings (SSSR count). The summed E-state index contributed by atoms with van der Waals surface area (Å²) < 4.78 is 39.5. The first-order valence-electron chi connectivity index (χ1n) is 8.81. The van der Waals surface area contributed by atoms with Crippen LogP contribution in [-0.2, 0) is 11.0 Å². The zero-order valence-electron chi connectivity index (χ0n) is 14.1. The lowest BCUT2D eigenvalue weighted by molar-refractivity contribution is -0.144. The second-order valence-corrected chi connectivity index (χ2v) is 6.93. The standard InChI is InChI=1S/C18H19F3N4O/c19-18(20,21)17-23-14-4-2-1-3-13(14)15(24-17)25-9-7-12(8-10-25)22-16(26)11-5-6-11/h1-4,11-12H,5-10H2,(H,22,26). The van der Waals surface area contributed by atoms with Gasteiger partial charge < -0.3 is 10.2 Å². The van der Waals surface area contributed by atoms with Gasteiger partial charge in [0.15, 0.2) is 0 Å². The summed E-state index contributed by atoms with van der Waals surface area (Å²) in [6.07, 6.45) is -1.29. The van der Waals surface area contributed by atoms with Gasteiger partial charge in [-0.1, -0.05) is 12.1 Å². The number of nitrogens with one attached hydrogen (secondary N) is 1. The molecular weight excluding hydrogens is 345 g/mol. The quantitative estimate of drug-likeness (QED) is 0.909. The Labute approximate surface area is 148 Å². The Kier molecular flexibility index (Phi) is 4.20. The van der Waals surface area contributed by atoms with Crippen molar-refractivity contribution in [2.45, 2.75) is 37.9 Å². The van der Waals surface area contributed by atoms with E-state index in [-0.39, 0.29) is 23.4 Å². The van der Waals surface area contributed by atoms with E-state index >= 15 is 0 Å². The fraction of sp³-hybridized carbons (Fsp3) is 0.500. The molecule has 8 heteroatoms. The topological polar surface area (TPSA) is 58.1 Å². The zero-order valence-corrected chi connectivity index (χ0v) is 14.1. The lowest BCUT2D eigenvalue weighted by Crippen LogP contribution is -2.45. The molecule has 0 radical (unpaired) electrons. The van der Waals surface area contributed by atoms with Crippen LogP contribution in [0, 0.1) is 5.92 Å². The number of carbonyl (C=O) groups is 1. The number of carbonyl (C=O) groups excluding carboxylic acids is 1. The van der Waals surface area contributed by atoms with Crippen LogP contribution in [0.25, 0.3) is 10.9 Å². The van der Waals surface area contributed by atoms with Gasteiger partial charge in [-0.15, -0.1) is 0 Å². The highest BCUT2D eigenvalue weighted by molar-refractivity contribution is 5.89. The summed E-state index contributed by atoms with van der Waals surface area (Å²) in [7, 11) is 0. The van der Waals surface area contributed by atoms with Crippen molar-refractivity contribution in [3.8, 4) is 0 Å². The van der Waals surface area contributed by atoms with Gasteiger partial charge in [-0.2, -0.15) is 13.2 Å². The number of anilines is 1. The summed E-state index contributed by atoms with van der Waals surface area (Å²) in [4.78, 5) is 21.2. The minimum Gasteiger partial charge on any atom is -0.356 e. The first kappa shape index (κ1) is 17.1. The Bertz CT molecular complexity index is 827. The van der Waals surface area contributed by atoms with Crippen molar-refractivity contribution < 1.29 is 18.0 Å². The molecule has 1 saturated heterocycles. The SMILES string of the molecule is O=C(NC1CCN(c2nc(C(F)(F)F)nc3ccccc23)CC1)C1CC1. The summed E-state index contributed by atoms with van der Waals surface area (Å²) >= 11 is 0. The average molecular weight is 364 g/mol. The van der Waals surface area contributed by atoms with Crippen molar-refractivity contribution in [1.82, 2.24) is 15.3 Å². The fourth-order valence-electron chi connectivity index (χ4n) is 3.33. The highest BCUT2D eigenvalue weighted by Gasteiger charge is 2.37. The van der Waals surface area contributed by atoms with Crippen molar-refractivity contribution in [1.29, 1.82) is 0 Å². The van der Waals surface area contributed by atoms with E-state index in [4.69, 9.17) is 0 Å². The number of nitrogens with zero attached hydrogens (tertiary/aromatic N) is 3. The molecule has 2 heterocycles. The largest absolute Gasteiger partial charge is 0.451 e. The molecule has 1 aliphatic heterocycles. The minimum atomic E-state index is -4.59. The Hall–Kier alpha value is -2.38. The molecule has 1 aromatic heterocycles. The van der Waals surface area contributed by atoms with Crippen LogP contribution in [0.2, 0.25) is 0 Å². The molecule has 1 aromatic carbocycles. The van der Waals surface area contributed by atoms with Crippen LogP contribution >= 0.6 is 0 Å². The molecular formula is C18H19F3N4O. The van der Waals surface area contributed by atoms with Crippen molar-refractivity contribution >= 4 is 22.6 Å². The third kappa shape index (κ3) is 3.45. The van der Waals surface area contributed by atoms with Crippen molar-refractivity contribution in [2.75, 3.05) is 18.0 Å². The zero-order chi connectivity index (χ0) is 18.3. The number of benzene rings is 1. The molecule has 1 saturated carbocycles. The summed E-state index contributed by atoms with van der Waals surface area (Å²) in [5, 5.41) is 3.66. The molecule has 1 N–H and O–H groups in total. The number of alkyl halides is 3. The number of amides is 1. The van der Waals surface area contributed by atoms with Crippen molar-refractivity contribution in [3.05, 3.63) is 30.1 Å². The van der Waals surface area contributed by atoms with E-state index in [1.807, 2.05) is 4.90 Å². The number of hydrogen-bond donors (Lipinski definition) is 1. The Morgan fingerprint density at radius 3 is 2.42 bits per heavy atom. The van der Waals surface area contributed by atoms with Gasteiger partial charge in [0.05, 0.1) is 5.52 Å². The smallest absolute Gasteiger partial charge is 0.356 e. The minimum absolute atomic E-state index is 0.0783. The van der Waals surface area contributed by atoms with E-state index in [1.165, 1.54) is 0 Å². The highest BCUT2D eigenvalue weighted by atomic mass is 19.4. The fourth-order valence-corrected chi connectivity index (χ4v) is 3.33. The number of aromatic nitrogens is 2. The van der Waals surface area contributed by atoms with Gasteiger partial charge >= 0.3 is 6.18 Å². The maximum absolute atomic E-state index is 13.2. The number of rotatable bonds is 3. The molecule has 5 nitrogen and oxygen atoms in total. The number of hydrogen-bond acceptors (Lipinski definition) is 4. The van der Waals surface area contributed by atoms with Gasteiger partial charge in [0.1, 0.15) is 5.82 Å². The Morgan fingerprint density at radius 2 is 1.77 bits per heavy atom. The second-order valence-electron chi connectivity index (χ2n) is 6.93. The van der Waals surface area contributed by atoms with Crippen LogP contribution in [0.4, 0.5) is 19.0 Å². The number of fused-ring (bicyclic) bond motifs is 1. The molecule has 2 fully saturated rings. The van der Waals surface area contributed by atoms with Crippen LogP contribution in [0.15, 0.2) is 24.3 Å². The van der Waals surface area contributed by atoms with Crippen LogP contribution in [0.5, 0.6) is 0 Å². The third-order valence-corrected chi connectivity index (χ3v) is 4.93. The molecule has 0 unspecified atom stereocenters. The third-order valence-electron chi connectivity index (χ3n) is 4.93. The molecule has 1 aliphatic carbocycles. The Morgan fingerprint density at radius 1 is 1.08 bits per heavy atom. The van der Waals surface area contributed by atoms with E-state index in [0.717, 1.165) is 12.8 Å². The van der Waals surface area contributed by atoms with E-state index in [0.29, 0.717) is 37.1 Å². The predicted octanol–water partition coefficient (Wildman–Crippen LogP) is 3.14. The number of piperidine rings is 1. The summed E-state index contributed by atoms with van der Waals surface area (Å²) in [5.41, 5.74) is 0.286. The lowest BCUT2D eigenvalue weighted by atomic mass is 10.0. The first-order valence-corrected chi connectivity index (χ1v) is 8.81. The van der Waals surface area contributed by atoms with Crippen LogP contribution < -0.4 is 10.2 Å². The number of para-hydroxylation sites is 1. The van der Waals surface area contributed by atoms with Crippen molar-refractivity contribution in [2.24, 2.45) is 5.92 Å². The molecule has 2 aliphatic rings.